The van der Waals surface area contributed by atoms with Crippen molar-refractivity contribution in [1.82, 2.24) is 24.9 Å². The lowest BCUT2D eigenvalue weighted by Crippen LogP contribution is -2.23. The predicted octanol–water partition coefficient (Wildman–Crippen LogP) is -0.0253. The average Bonchev–Trinajstić information content (AvgIpc) is 2.96. The summed E-state index contributed by atoms with van der Waals surface area (Å²) in [6.07, 6.45) is 5.25. The van der Waals surface area contributed by atoms with Crippen LogP contribution < -0.4 is 10.6 Å². The van der Waals surface area contributed by atoms with Crippen molar-refractivity contribution in [3.05, 3.63) is 30.4 Å². The highest BCUT2D eigenvalue weighted by Crippen LogP contribution is 2.07. The Hall–Kier alpha value is -2.31. The van der Waals surface area contributed by atoms with Gasteiger partial charge >= 0.3 is 0 Å². The number of likely N-dealkylation sites (N-methyl/N-ethyl adjacent to an activating group) is 1. The highest BCUT2D eigenvalue weighted by molar-refractivity contribution is 5.75. The van der Waals surface area contributed by atoms with Crippen LogP contribution in [0.1, 0.15) is 5.69 Å². The lowest BCUT2D eigenvalue weighted by molar-refractivity contribution is -0.121. The molecular formula is C11H16N6O. The molecule has 0 aliphatic carbocycles. The second kappa shape index (κ2) is 5.35. The van der Waals surface area contributed by atoms with Gasteiger partial charge in [0.15, 0.2) is 0 Å². The maximum atomic E-state index is 11.2. The number of carbonyl (C=O) groups excluding carboxylic acids is 1. The molecule has 0 aliphatic heterocycles. The zero-order chi connectivity index (χ0) is 13.0. The second-order valence-corrected chi connectivity index (χ2v) is 3.90. The topological polar surface area (TPSA) is 76.8 Å². The minimum atomic E-state index is -0.0729. The SMILES string of the molecule is CNC(=O)Cn1cc(NCc2ccnn2C)cn1. The van der Waals surface area contributed by atoms with E-state index in [0.29, 0.717) is 6.54 Å². The summed E-state index contributed by atoms with van der Waals surface area (Å²) in [5.41, 5.74) is 1.95. The van der Waals surface area contributed by atoms with Crippen molar-refractivity contribution < 1.29 is 4.79 Å². The van der Waals surface area contributed by atoms with E-state index in [2.05, 4.69) is 20.8 Å². The normalized spacial score (nSPS) is 10.3. The Morgan fingerprint density at radius 2 is 2.28 bits per heavy atom. The molecular weight excluding hydrogens is 232 g/mol. The first kappa shape index (κ1) is 12.2. The van der Waals surface area contributed by atoms with E-state index in [9.17, 15) is 4.79 Å². The van der Waals surface area contributed by atoms with Crippen molar-refractivity contribution in [3.8, 4) is 0 Å². The molecule has 96 valence electrons. The molecule has 0 saturated heterocycles. The van der Waals surface area contributed by atoms with E-state index in [1.165, 1.54) is 0 Å². The molecule has 2 heterocycles. The van der Waals surface area contributed by atoms with Gasteiger partial charge in [-0.15, -0.1) is 0 Å². The molecule has 18 heavy (non-hydrogen) atoms. The zero-order valence-electron chi connectivity index (χ0n) is 10.4. The quantitative estimate of drug-likeness (QED) is 0.779. The molecule has 7 nitrogen and oxygen atoms in total. The number of rotatable bonds is 5. The molecule has 0 bridgehead atoms. The summed E-state index contributed by atoms with van der Waals surface area (Å²) in [5.74, 6) is -0.0729. The van der Waals surface area contributed by atoms with Gasteiger partial charge in [-0.3, -0.25) is 14.2 Å². The summed E-state index contributed by atoms with van der Waals surface area (Å²) in [6, 6.07) is 1.95. The van der Waals surface area contributed by atoms with Crippen molar-refractivity contribution in [1.29, 1.82) is 0 Å². The van der Waals surface area contributed by atoms with Gasteiger partial charge in [0, 0.05) is 26.5 Å². The van der Waals surface area contributed by atoms with Crippen molar-refractivity contribution in [2.45, 2.75) is 13.1 Å². The molecule has 0 fully saturated rings. The first-order valence-corrected chi connectivity index (χ1v) is 5.63. The standard InChI is InChI=1S/C11H16N6O/c1-12-11(18)8-17-7-9(5-15-17)13-6-10-3-4-14-16(10)2/h3-5,7,13H,6,8H2,1-2H3,(H,12,18). The van der Waals surface area contributed by atoms with Crippen LogP contribution in [0.2, 0.25) is 0 Å². The monoisotopic (exact) mass is 248 g/mol. The Balaban J connectivity index is 1.91. The largest absolute Gasteiger partial charge is 0.377 e. The Bertz CT molecular complexity index is 529. The van der Waals surface area contributed by atoms with Crippen molar-refractivity contribution >= 4 is 11.6 Å². The number of amides is 1. The number of carbonyl (C=O) groups is 1. The number of aromatic nitrogens is 4. The number of anilines is 1. The van der Waals surface area contributed by atoms with E-state index in [1.54, 1.807) is 30.3 Å². The fourth-order valence-electron chi connectivity index (χ4n) is 1.53. The third kappa shape index (κ3) is 2.88. The summed E-state index contributed by atoms with van der Waals surface area (Å²) < 4.78 is 3.40. The van der Waals surface area contributed by atoms with Gasteiger partial charge in [0.1, 0.15) is 6.54 Å². The van der Waals surface area contributed by atoms with E-state index in [-0.39, 0.29) is 12.5 Å². The van der Waals surface area contributed by atoms with Gasteiger partial charge in [-0.05, 0) is 6.07 Å². The Labute approximate surface area is 105 Å². The van der Waals surface area contributed by atoms with E-state index in [0.717, 1.165) is 11.4 Å². The number of hydrogen-bond donors (Lipinski definition) is 2. The molecule has 0 aliphatic rings. The number of hydrogen-bond acceptors (Lipinski definition) is 4. The molecule has 0 radical (unpaired) electrons. The minimum absolute atomic E-state index is 0.0729. The summed E-state index contributed by atoms with van der Waals surface area (Å²) in [6.45, 7) is 0.895. The van der Waals surface area contributed by atoms with Gasteiger partial charge in [0.25, 0.3) is 0 Å². The smallest absolute Gasteiger partial charge is 0.241 e. The van der Waals surface area contributed by atoms with Crippen molar-refractivity contribution in [3.63, 3.8) is 0 Å². The molecule has 2 aromatic rings. The molecule has 0 unspecified atom stereocenters. The lowest BCUT2D eigenvalue weighted by Gasteiger charge is -2.03. The van der Waals surface area contributed by atoms with Crippen LogP contribution in [-0.2, 0) is 24.9 Å². The fourth-order valence-corrected chi connectivity index (χ4v) is 1.53. The van der Waals surface area contributed by atoms with Crippen LogP contribution in [0.4, 0.5) is 5.69 Å². The van der Waals surface area contributed by atoms with Gasteiger partial charge in [-0.25, -0.2) is 0 Å². The van der Waals surface area contributed by atoms with Crippen molar-refractivity contribution in [2.75, 3.05) is 12.4 Å². The first-order valence-electron chi connectivity index (χ1n) is 5.63. The molecule has 7 heteroatoms. The summed E-state index contributed by atoms with van der Waals surface area (Å²) >= 11 is 0. The van der Waals surface area contributed by atoms with Crippen LogP contribution in [0.25, 0.3) is 0 Å². The van der Waals surface area contributed by atoms with Gasteiger partial charge in [0.2, 0.25) is 5.91 Å². The number of nitrogens with one attached hydrogen (secondary N) is 2. The van der Waals surface area contributed by atoms with Gasteiger partial charge in [0.05, 0.1) is 24.1 Å². The molecule has 0 saturated carbocycles. The van der Waals surface area contributed by atoms with Crippen molar-refractivity contribution in [2.24, 2.45) is 7.05 Å². The number of nitrogens with zero attached hydrogens (tertiary/aromatic N) is 4. The van der Waals surface area contributed by atoms with Crippen LogP contribution in [0, 0.1) is 0 Å². The summed E-state index contributed by atoms with van der Waals surface area (Å²) in [7, 11) is 3.50. The van der Waals surface area contributed by atoms with E-state index in [1.807, 2.05) is 17.8 Å². The fraction of sp³-hybridized carbons (Fsp3) is 0.364. The van der Waals surface area contributed by atoms with Crippen LogP contribution in [0.5, 0.6) is 0 Å². The van der Waals surface area contributed by atoms with Crippen LogP contribution in [-0.4, -0.2) is 32.5 Å². The zero-order valence-corrected chi connectivity index (χ0v) is 10.4. The lowest BCUT2D eigenvalue weighted by atomic mass is 10.4. The number of aryl methyl sites for hydroxylation is 1. The van der Waals surface area contributed by atoms with E-state index >= 15 is 0 Å². The molecule has 0 atom stereocenters. The summed E-state index contributed by atoms with van der Waals surface area (Å²) in [5, 5.41) is 14.0. The van der Waals surface area contributed by atoms with Gasteiger partial charge in [-0.2, -0.15) is 10.2 Å². The third-order valence-corrected chi connectivity index (χ3v) is 2.61. The van der Waals surface area contributed by atoms with Gasteiger partial charge in [-0.1, -0.05) is 0 Å². The van der Waals surface area contributed by atoms with E-state index < -0.39 is 0 Å². The van der Waals surface area contributed by atoms with Crippen LogP contribution in [0.15, 0.2) is 24.7 Å². The Kier molecular flexibility index (Phi) is 3.61. The maximum absolute atomic E-state index is 11.2. The predicted molar refractivity (Wildman–Crippen MR) is 66.8 cm³/mol. The Morgan fingerprint density at radius 3 is 2.94 bits per heavy atom. The van der Waals surface area contributed by atoms with Gasteiger partial charge < -0.3 is 10.6 Å². The van der Waals surface area contributed by atoms with E-state index in [4.69, 9.17) is 0 Å². The molecule has 0 spiro atoms. The highest BCUT2D eigenvalue weighted by atomic mass is 16.1. The molecule has 0 aromatic carbocycles. The van der Waals surface area contributed by atoms with Crippen LogP contribution >= 0.6 is 0 Å². The molecule has 2 rings (SSSR count). The minimum Gasteiger partial charge on any atom is -0.377 e. The van der Waals surface area contributed by atoms with Crippen LogP contribution in [0.3, 0.4) is 0 Å². The molecule has 2 N–H and O–H groups in total. The highest BCUT2D eigenvalue weighted by Gasteiger charge is 2.03. The maximum Gasteiger partial charge on any atom is 0.241 e. The Morgan fingerprint density at radius 1 is 1.44 bits per heavy atom. The molecule has 1 amide bonds. The first-order chi connectivity index (χ1) is 8.69. The molecule has 2 aromatic heterocycles. The third-order valence-electron chi connectivity index (χ3n) is 2.61. The average molecular weight is 248 g/mol. The second-order valence-electron chi connectivity index (χ2n) is 3.90. The summed E-state index contributed by atoms with van der Waals surface area (Å²) in [4.78, 5) is 11.2.